The SMILES string of the molecule is CC(C(=O)O)C(=O)OCC1=C2C=C(C3CC[C@@]4(CCNN4)C3)C(=O)C=C2c2ccccc21. The number of carbonyl (C=O) groups is 3. The van der Waals surface area contributed by atoms with Gasteiger partial charge in [-0.2, -0.15) is 0 Å². The van der Waals surface area contributed by atoms with Crippen LogP contribution in [0, 0.1) is 11.8 Å². The molecule has 4 aliphatic rings. The standard InChI is InChI=1S/C25H26N2O5/c1-14(23(29)30)24(31)32-13-21-17-5-3-2-4-16(17)20-11-22(28)18(10-19(20)21)15-6-7-25(12-15)8-9-26-27-25/h2-5,10-11,14-15,26-27H,6-9,12-13H2,1H3,(H,29,30)/t14?,15?,25-/m1/s1. The van der Waals surface area contributed by atoms with E-state index >= 15 is 0 Å². The highest BCUT2D eigenvalue weighted by atomic mass is 16.5. The molecule has 1 aromatic rings. The number of nitrogens with one attached hydrogen (secondary N) is 2. The Morgan fingerprint density at radius 2 is 2.00 bits per heavy atom. The van der Waals surface area contributed by atoms with Crippen molar-refractivity contribution in [2.45, 2.75) is 38.1 Å². The van der Waals surface area contributed by atoms with Crippen molar-refractivity contribution in [2.75, 3.05) is 13.2 Å². The molecule has 3 N–H and O–H groups in total. The molecule has 2 fully saturated rings. The Morgan fingerprint density at radius 3 is 2.72 bits per heavy atom. The van der Waals surface area contributed by atoms with Crippen LogP contribution in [-0.4, -0.2) is 41.5 Å². The predicted octanol–water partition coefficient (Wildman–Crippen LogP) is 2.65. The molecule has 0 aromatic heterocycles. The first kappa shape index (κ1) is 20.8. The van der Waals surface area contributed by atoms with Crippen molar-refractivity contribution in [2.24, 2.45) is 11.8 Å². The second-order valence-corrected chi connectivity index (χ2v) is 9.15. The van der Waals surface area contributed by atoms with Gasteiger partial charge in [-0.05, 0) is 73.0 Å². The molecular weight excluding hydrogens is 408 g/mol. The number of rotatable bonds is 5. The second-order valence-electron chi connectivity index (χ2n) is 9.15. The Hall–Kier alpha value is -3.03. The molecular formula is C25H26N2O5. The quantitative estimate of drug-likeness (QED) is 0.483. The van der Waals surface area contributed by atoms with Gasteiger partial charge in [-0.3, -0.25) is 25.2 Å². The van der Waals surface area contributed by atoms with E-state index in [0.717, 1.165) is 65.6 Å². The maximum Gasteiger partial charge on any atom is 0.320 e. The van der Waals surface area contributed by atoms with Gasteiger partial charge in [-0.25, -0.2) is 0 Å². The molecule has 1 saturated carbocycles. The van der Waals surface area contributed by atoms with Crippen LogP contribution < -0.4 is 10.9 Å². The van der Waals surface area contributed by atoms with Crippen LogP contribution in [0.25, 0.3) is 11.1 Å². The normalized spacial score (nSPS) is 27.2. The summed E-state index contributed by atoms with van der Waals surface area (Å²) in [4.78, 5) is 36.4. The number of hydrogen-bond acceptors (Lipinski definition) is 6. The Labute approximate surface area is 186 Å². The van der Waals surface area contributed by atoms with Crippen LogP contribution in [0.2, 0.25) is 0 Å². The lowest BCUT2D eigenvalue weighted by Gasteiger charge is -2.24. The third-order valence-corrected chi connectivity index (χ3v) is 7.23. The minimum Gasteiger partial charge on any atom is -0.481 e. The van der Waals surface area contributed by atoms with E-state index in [9.17, 15) is 14.4 Å². The molecule has 32 heavy (non-hydrogen) atoms. The van der Waals surface area contributed by atoms with Gasteiger partial charge in [0.25, 0.3) is 0 Å². The molecule has 1 heterocycles. The molecule has 0 amide bonds. The average Bonchev–Trinajstić information content (AvgIpc) is 3.50. The molecule has 166 valence electrons. The summed E-state index contributed by atoms with van der Waals surface area (Å²) in [6.07, 6.45) is 7.65. The van der Waals surface area contributed by atoms with Crippen LogP contribution in [0.4, 0.5) is 0 Å². The van der Waals surface area contributed by atoms with Gasteiger partial charge in [0.1, 0.15) is 6.61 Å². The van der Waals surface area contributed by atoms with Crippen molar-refractivity contribution in [1.82, 2.24) is 10.9 Å². The van der Waals surface area contributed by atoms with E-state index in [0.29, 0.717) is 0 Å². The fourth-order valence-corrected chi connectivity index (χ4v) is 5.39. The van der Waals surface area contributed by atoms with Crippen molar-refractivity contribution in [3.8, 4) is 0 Å². The minimum atomic E-state index is -1.23. The largest absolute Gasteiger partial charge is 0.481 e. The van der Waals surface area contributed by atoms with Gasteiger partial charge < -0.3 is 9.84 Å². The van der Waals surface area contributed by atoms with E-state index in [1.54, 1.807) is 6.08 Å². The van der Waals surface area contributed by atoms with Crippen molar-refractivity contribution in [1.29, 1.82) is 0 Å². The summed E-state index contributed by atoms with van der Waals surface area (Å²) in [7, 11) is 0. The third-order valence-electron chi connectivity index (χ3n) is 7.23. The third kappa shape index (κ3) is 3.42. The van der Waals surface area contributed by atoms with Gasteiger partial charge in [0.05, 0.1) is 0 Å². The van der Waals surface area contributed by atoms with Crippen LogP contribution >= 0.6 is 0 Å². The molecule has 5 rings (SSSR count). The zero-order valence-corrected chi connectivity index (χ0v) is 17.9. The highest BCUT2D eigenvalue weighted by Gasteiger charge is 2.44. The Balaban J connectivity index is 1.47. The van der Waals surface area contributed by atoms with E-state index in [2.05, 4.69) is 10.9 Å². The summed E-state index contributed by atoms with van der Waals surface area (Å²) < 4.78 is 5.38. The van der Waals surface area contributed by atoms with E-state index in [-0.39, 0.29) is 23.8 Å². The molecule has 1 aromatic carbocycles. The molecule has 1 saturated heterocycles. The number of hydrazine groups is 1. The maximum absolute atomic E-state index is 13.1. The summed E-state index contributed by atoms with van der Waals surface area (Å²) in [6.45, 7) is 2.22. The van der Waals surface area contributed by atoms with Gasteiger partial charge >= 0.3 is 11.9 Å². The van der Waals surface area contributed by atoms with Gasteiger partial charge in [0.2, 0.25) is 0 Å². The number of allylic oxidation sites excluding steroid dienone is 5. The number of fused-ring (bicyclic) bond motifs is 3. The number of carboxylic acids is 1. The zero-order valence-electron chi connectivity index (χ0n) is 17.9. The summed E-state index contributed by atoms with van der Waals surface area (Å²) in [6, 6.07) is 7.73. The van der Waals surface area contributed by atoms with Gasteiger partial charge in [0.15, 0.2) is 11.7 Å². The first-order valence-electron chi connectivity index (χ1n) is 11.1. The van der Waals surface area contributed by atoms with Crippen molar-refractivity contribution < 1.29 is 24.2 Å². The van der Waals surface area contributed by atoms with Crippen molar-refractivity contribution >= 4 is 28.9 Å². The molecule has 7 heteroatoms. The van der Waals surface area contributed by atoms with Crippen molar-refractivity contribution in [3.05, 3.63) is 58.7 Å². The molecule has 1 spiro atoms. The first-order chi connectivity index (χ1) is 15.4. The van der Waals surface area contributed by atoms with Crippen LogP contribution in [0.1, 0.15) is 43.7 Å². The zero-order chi connectivity index (χ0) is 22.5. The van der Waals surface area contributed by atoms with Gasteiger partial charge in [-0.15, -0.1) is 0 Å². The molecule has 0 bridgehead atoms. The van der Waals surface area contributed by atoms with Crippen LogP contribution in [0.3, 0.4) is 0 Å². The van der Waals surface area contributed by atoms with E-state index in [1.807, 2.05) is 30.3 Å². The maximum atomic E-state index is 13.1. The predicted molar refractivity (Wildman–Crippen MR) is 118 cm³/mol. The minimum absolute atomic E-state index is 0.0296. The summed E-state index contributed by atoms with van der Waals surface area (Å²) in [5.41, 5.74) is 11.9. The number of hydrogen-bond donors (Lipinski definition) is 3. The highest BCUT2D eigenvalue weighted by Crippen LogP contribution is 2.48. The topological polar surface area (TPSA) is 105 Å². The summed E-state index contributed by atoms with van der Waals surface area (Å²) in [5.74, 6) is -2.98. The lowest BCUT2D eigenvalue weighted by atomic mass is 9.83. The highest BCUT2D eigenvalue weighted by molar-refractivity contribution is 6.18. The molecule has 3 aliphatic carbocycles. The average molecular weight is 434 g/mol. The number of esters is 1. The van der Waals surface area contributed by atoms with E-state index < -0.39 is 17.9 Å². The monoisotopic (exact) mass is 434 g/mol. The molecule has 1 aliphatic heterocycles. The number of aliphatic carboxylic acids is 1. The second kappa shape index (κ2) is 7.83. The van der Waals surface area contributed by atoms with Gasteiger partial charge in [-0.1, -0.05) is 24.3 Å². The molecule has 7 nitrogen and oxygen atoms in total. The van der Waals surface area contributed by atoms with E-state index in [4.69, 9.17) is 9.84 Å². The molecule has 0 radical (unpaired) electrons. The Morgan fingerprint density at radius 1 is 1.22 bits per heavy atom. The van der Waals surface area contributed by atoms with Crippen LogP contribution in [0.15, 0.2) is 47.6 Å². The molecule has 2 unspecified atom stereocenters. The fraction of sp³-hybridized carbons (Fsp3) is 0.400. The fourth-order valence-electron chi connectivity index (χ4n) is 5.39. The van der Waals surface area contributed by atoms with Crippen LogP contribution in [-0.2, 0) is 19.1 Å². The summed E-state index contributed by atoms with van der Waals surface area (Å²) >= 11 is 0. The number of carbonyl (C=O) groups excluding carboxylic acids is 2. The number of ketones is 1. The smallest absolute Gasteiger partial charge is 0.320 e. The first-order valence-corrected chi connectivity index (χ1v) is 11.1. The number of carboxylic acid groups (broad SMARTS) is 1. The van der Waals surface area contributed by atoms with E-state index in [1.165, 1.54) is 6.92 Å². The van der Waals surface area contributed by atoms with Gasteiger partial charge in [0, 0.05) is 23.2 Å². The Bertz CT molecular complexity index is 1110. The van der Waals surface area contributed by atoms with Crippen molar-refractivity contribution in [3.63, 3.8) is 0 Å². The lowest BCUT2D eigenvalue weighted by molar-refractivity contribution is -0.156. The lowest BCUT2D eigenvalue weighted by Crippen LogP contribution is -2.41. The van der Waals surface area contributed by atoms with Crippen LogP contribution in [0.5, 0.6) is 0 Å². The number of ether oxygens (including phenoxy) is 1. The molecule has 3 atom stereocenters. The Kier molecular flexibility index (Phi) is 5.10. The number of benzene rings is 1. The summed E-state index contributed by atoms with van der Waals surface area (Å²) in [5, 5.41) is 9.08.